The molecule has 0 saturated heterocycles. The molecule has 0 heterocycles. The van der Waals surface area contributed by atoms with Crippen LogP contribution in [-0.4, -0.2) is 25.0 Å². The van der Waals surface area contributed by atoms with Crippen LogP contribution in [0.15, 0.2) is 42.5 Å². The molecule has 132 valence electrons. The maximum Gasteiger partial charge on any atom is 0.310 e. The van der Waals surface area contributed by atoms with Crippen LogP contribution in [0.2, 0.25) is 0 Å². The number of hydrogen-bond donors (Lipinski definition) is 1. The summed E-state index contributed by atoms with van der Waals surface area (Å²) in [6, 6.07) is 13.8. The summed E-state index contributed by atoms with van der Waals surface area (Å²) in [6.45, 7) is 0.496. The molecule has 1 aliphatic rings. The Morgan fingerprint density at radius 3 is 2.60 bits per heavy atom. The fourth-order valence-corrected chi connectivity index (χ4v) is 3.50. The summed E-state index contributed by atoms with van der Waals surface area (Å²) in [5, 5.41) is 5.03. The van der Waals surface area contributed by atoms with Crippen molar-refractivity contribution >= 4 is 22.6 Å². The highest BCUT2D eigenvalue weighted by Crippen LogP contribution is 2.22. The molecule has 0 aromatic heterocycles. The van der Waals surface area contributed by atoms with E-state index in [0.717, 1.165) is 16.3 Å². The maximum atomic E-state index is 12.1. The van der Waals surface area contributed by atoms with Gasteiger partial charge in [-0.25, -0.2) is 0 Å². The van der Waals surface area contributed by atoms with Crippen LogP contribution in [0.5, 0.6) is 0 Å². The molecule has 3 rings (SSSR count). The van der Waals surface area contributed by atoms with Gasteiger partial charge in [0.1, 0.15) is 0 Å². The Bertz CT molecular complexity index is 730. The van der Waals surface area contributed by atoms with Gasteiger partial charge in [-0.15, -0.1) is 0 Å². The highest BCUT2D eigenvalue weighted by Gasteiger charge is 2.15. The lowest BCUT2D eigenvalue weighted by atomic mass is 9.89. The first-order chi connectivity index (χ1) is 12.2. The van der Waals surface area contributed by atoms with E-state index >= 15 is 0 Å². The second-order valence-electron chi connectivity index (χ2n) is 6.78. The third kappa shape index (κ3) is 5.05. The van der Waals surface area contributed by atoms with Gasteiger partial charge in [0.05, 0.1) is 6.42 Å². The molecule has 1 amide bonds. The van der Waals surface area contributed by atoms with Gasteiger partial charge in [-0.05, 0) is 35.1 Å². The highest BCUT2D eigenvalue weighted by molar-refractivity contribution is 5.89. The second kappa shape index (κ2) is 8.65. The van der Waals surface area contributed by atoms with Crippen LogP contribution in [-0.2, 0) is 20.7 Å². The Morgan fingerprint density at radius 1 is 1.00 bits per heavy atom. The van der Waals surface area contributed by atoms with Gasteiger partial charge >= 0.3 is 5.97 Å². The molecule has 2 aromatic carbocycles. The minimum atomic E-state index is -0.371. The quantitative estimate of drug-likeness (QED) is 0.818. The van der Waals surface area contributed by atoms with E-state index in [0.29, 0.717) is 12.5 Å². The Hall–Kier alpha value is -2.36. The van der Waals surface area contributed by atoms with E-state index in [4.69, 9.17) is 4.74 Å². The van der Waals surface area contributed by atoms with Crippen molar-refractivity contribution in [1.29, 1.82) is 0 Å². The van der Waals surface area contributed by atoms with Crippen LogP contribution in [0.25, 0.3) is 10.8 Å². The van der Waals surface area contributed by atoms with Crippen LogP contribution >= 0.6 is 0 Å². The van der Waals surface area contributed by atoms with Crippen molar-refractivity contribution in [2.45, 2.75) is 38.5 Å². The molecule has 4 nitrogen and oxygen atoms in total. The zero-order valence-corrected chi connectivity index (χ0v) is 14.5. The molecule has 2 aromatic rings. The van der Waals surface area contributed by atoms with Gasteiger partial charge in [0.15, 0.2) is 6.61 Å². The van der Waals surface area contributed by atoms with E-state index in [1.807, 2.05) is 42.5 Å². The number of carbonyl (C=O) groups excluding carboxylic acids is 2. The largest absolute Gasteiger partial charge is 0.455 e. The van der Waals surface area contributed by atoms with Crippen molar-refractivity contribution in [3.63, 3.8) is 0 Å². The molecule has 4 heteroatoms. The van der Waals surface area contributed by atoms with Crippen LogP contribution in [0.1, 0.15) is 37.7 Å². The summed E-state index contributed by atoms with van der Waals surface area (Å²) in [5.74, 6) is -0.00917. The normalized spacial score (nSPS) is 15.0. The molecule has 1 N–H and O–H groups in total. The Labute approximate surface area is 148 Å². The average molecular weight is 339 g/mol. The molecular formula is C21H25NO3. The molecule has 1 saturated carbocycles. The zero-order chi connectivity index (χ0) is 17.5. The average Bonchev–Trinajstić information content (AvgIpc) is 2.66. The summed E-state index contributed by atoms with van der Waals surface area (Å²) < 4.78 is 5.15. The number of esters is 1. The molecule has 1 aliphatic carbocycles. The third-order valence-electron chi connectivity index (χ3n) is 4.89. The molecule has 0 bridgehead atoms. The minimum Gasteiger partial charge on any atom is -0.455 e. The predicted octanol–water partition coefficient (Wildman–Crippen LogP) is 3.62. The van der Waals surface area contributed by atoms with Gasteiger partial charge in [0.25, 0.3) is 5.91 Å². The van der Waals surface area contributed by atoms with E-state index in [1.54, 1.807) is 0 Å². The number of benzene rings is 2. The van der Waals surface area contributed by atoms with Crippen LogP contribution in [0.3, 0.4) is 0 Å². The Kier molecular flexibility index (Phi) is 6.04. The SMILES string of the molecule is O=C(COC(=O)Cc1cccc2ccccc12)NCC1CCCCC1. The van der Waals surface area contributed by atoms with Gasteiger partial charge in [0.2, 0.25) is 0 Å². The molecule has 0 aliphatic heterocycles. The molecule has 25 heavy (non-hydrogen) atoms. The number of ether oxygens (including phenoxy) is 1. The molecule has 1 fully saturated rings. The second-order valence-corrected chi connectivity index (χ2v) is 6.78. The minimum absolute atomic E-state index is 0.178. The molecule has 0 unspecified atom stereocenters. The standard InChI is InChI=1S/C21H25NO3/c23-20(22-14-16-7-2-1-3-8-16)15-25-21(24)13-18-11-6-10-17-9-4-5-12-19(17)18/h4-6,9-12,16H,1-3,7-8,13-15H2,(H,22,23). The first kappa shape index (κ1) is 17.5. The third-order valence-corrected chi connectivity index (χ3v) is 4.89. The Morgan fingerprint density at radius 2 is 1.76 bits per heavy atom. The zero-order valence-electron chi connectivity index (χ0n) is 14.5. The fraction of sp³-hybridized carbons (Fsp3) is 0.429. The van der Waals surface area contributed by atoms with Crippen LogP contribution in [0.4, 0.5) is 0 Å². The van der Waals surface area contributed by atoms with Crippen molar-refractivity contribution < 1.29 is 14.3 Å². The van der Waals surface area contributed by atoms with Crippen molar-refractivity contribution in [2.24, 2.45) is 5.92 Å². The van der Waals surface area contributed by atoms with Gasteiger partial charge < -0.3 is 10.1 Å². The molecule has 0 atom stereocenters. The Balaban J connectivity index is 1.45. The van der Waals surface area contributed by atoms with E-state index in [-0.39, 0.29) is 24.9 Å². The van der Waals surface area contributed by atoms with Gasteiger partial charge in [-0.1, -0.05) is 61.7 Å². The number of fused-ring (bicyclic) bond motifs is 1. The number of nitrogens with one attached hydrogen (secondary N) is 1. The first-order valence-corrected chi connectivity index (χ1v) is 9.11. The lowest BCUT2D eigenvalue weighted by molar-refractivity contribution is -0.147. The van der Waals surface area contributed by atoms with E-state index in [2.05, 4.69) is 5.32 Å². The van der Waals surface area contributed by atoms with Crippen LogP contribution < -0.4 is 5.32 Å². The van der Waals surface area contributed by atoms with Crippen LogP contribution in [0, 0.1) is 5.92 Å². The van der Waals surface area contributed by atoms with E-state index in [9.17, 15) is 9.59 Å². The molecule has 0 spiro atoms. The lowest BCUT2D eigenvalue weighted by Crippen LogP contribution is -2.33. The lowest BCUT2D eigenvalue weighted by Gasteiger charge is -2.21. The topological polar surface area (TPSA) is 55.4 Å². The summed E-state index contributed by atoms with van der Waals surface area (Å²) >= 11 is 0. The highest BCUT2D eigenvalue weighted by atomic mass is 16.5. The van der Waals surface area contributed by atoms with Gasteiger partial charge in [-0.3, -0.25) is 9.59 Å². The predicted molar refractivity (Wildman–Crippen MR) is 98.2 cm³/mol. The molecular weight excluding hydrogens is 314 g/mol. The summed E-state index contributed by atoms with van der Waals surface area (Å²) in [5.41, 5.74) is 0.922. The van der Waals surface area contributed by atoms with Gasteiger partial charge in [0, 0.05) is 6.54 Å². The number of carbonyl (C=O) groups is 2. The number of hydrogen-bond acceptors (Lipinski definition) is 3. The molecule has 0 radical (unpaired) electrons. The first-order valence-electron chi connectivity index (χ1n) is 9.11. The van der Waals surface area contributed by atoms with E-state index < -0.39 is 0 Å². The van der Waals surface area contributed by atoms with E-state index in [1.165, 1.54) is 32.1 Å². The summed E-state index contributed by atoms with van der Waals surface area (Å²) in [7, 11) is 0. The summed E-state index contributed by atoms with van der Waals surface area (Å²) in [4.78, 5) is 23.9. The van der Waals surface area contributed by atoms with Crippen molar-refractivity contribution in [1.82, 2.24) is 5.32 Å². The van der Waals surface area contributed by atoms with Crippen molar-refractivity contribution in [3.05, 3.63) is 48.0 Å². The van der Waals surface area contributed by atoms with Crippen molar-refractivity contribution in [2.75, 3.05) is 13.2 Å². The monoisotopic (exact) mass is 339 g/mol. The smallest absolute Gasteiger partial charge is 0.310 e. The summed E-state index contributed by atoms with van der Waals surface area (Å²) in [6.07, 6.45) is 6.34. The fourth-order valence-electron chi connectivity index (χ4n) is 3.50. The number of amides is 1. The van der Waals surface area contributed by atoms with Gasteiger partial charge in [-0.2, -0.15) is 0 Å². The maximum absolute atomic E-state index is 12.1. The number of rotatable bonds is 6. The van der Waals surface area contributed by atoms with Crippen molar-refractivity contribution in [3.8, 4) is 0 Å².